The first-order valence-electron chi connectivity index (χ1n) is 6.75. The van der Waals surface area contributed by atoms with Crippen LogP contribution >= 0.6 is 11.3 Å². The van der Waals surface area contributed by atoms with Crippen molar-refractivity contribution < 1.29 is 8.42 Å². The van der Waals surface area contributed by atoms with E-state index in [1.807, 2.05) is 0 Å². The molecule has 4 rings (SSSR count). The second-order valence-corrected chi connectivity index (χ2v) is 8.23. The van der Waals surface area contributed by atoms with Crippen LogP contribution in [0.25, 0.3) is 0 Å². The zero-order chi connectivity index (χ0) is 13.7. The fourth-order valence-corrected chi connectivity index (χ4v) is 5.49. The molecule has 2 aliphatic rings. The number of hydrogen-bond donors (Lipinski definition) is 1. The maximum atomic E-state index is 12.8. The van der Waals surface area contributed by atoms with Gasteiger partial charge in [0, 0.05) is 11.4 Å². The average molecular weight is 309 g/mol. The minimum absolute atomic E-state index is 0.0123. The highest BCUT2D eigenvalue weighted by atomic mass is 32.2. The molecule has 3 heterocycles. The summed E-state index contributed by atoms with van der Waals surface area (Å²) in [5, 5.41) is 8.64. The number of hydrogen-bond acceptors (Lipinski definition) is 4. The van der Waals surface area contributed by atoms with Gasteiger partial charge in [-0.25, -0.2) is 8.42 Å². The lowest BCUT2D eigenvalue weighted by Gasteiger charge is -2.34. The maximum absolute atomic E-state index is 12.8. The van der Waals surface area contributed by atoms with Crippen LogP contribution in [0.1, 0.15) is 29.3 Å². The number of nitrogens with one attached hydrogen (secondary N) is 1. The molecule has 0 spiro atoms. The molecule has 1 fully saturated rings. The van der Waals surface area contributed by atoms with E-state index in [4.69, 9.17) is 0 Å². The van der Waals surface area contributed by atoms with Gasteiger partial charge >= 0.3 is 0 Å². The van der Waals surface area contributed by atoms with Crippen molar-refractivity contribution >= 4 is 21.4 Å². The molecule has 1 N–H and O–H groups in total. The molecule has 0 amide bonds. The monoisotopic (exact) mass is 309 g/mol. The lowest BCUT2D eigenvalue weighted by atomic mass is 9.98. The first-order chi connectivity index (χ1) is 9.68. The molecule has 20 heavy (non-hydrogen) atoms. The summed E-state index contributed by atoms with van der Waals surface area (Å²) in [6, 6.07) is 3.64. The first-order valence-corrected chi connectivity index (χ1v) is 9.07. The van der Waals surface area contributed by atoms with Gasteiger partial charge in [-0.1, -0.05) is 0 Å². The minimum Gasteiger partial charge on any atom is -0.266 e. The van der Waals surface area contributed by atoms with Crippen molar-refractivity contribution in [3.63, 3.8) is 0 Å². The second kappa shape index (κ2) is 4.41. The van der Waals surface area contributed by atoms with Crippen LogP contribution in [-0.4, -0.2) is 29.5 Å². The zero-order valence-corrected chi connectivity index (χ0v) is 12.5. The molecule has 106 valence electrons. The molecule has 1 unspecified atom stereocenters. The highest BCUT2D eigenvalue weighted by Crippen LogP contribution is 2.49. The Morgan fingerprint density at radius 2 is 2.20 bits per heavy atom. The summed E-state index contributed by atoms with van der Waals surface area (Å²) in [5.41, 5.74) is 1.21. The number of aromatic amines is 1. The normalized spacial score (nSPS) is 23.7. The van der Waals surface area contributed by atoms with Gasteiger partial charge in [0.1, 0.15) is 0 Å². The highest BCUT2D eigenvalue weighted by molar-refractivity contribution is 7.89. The van der Waals surface area contributed by atoms with E-state index in [-0.39, 0.29) is 11.1 Å². The number of H-pyrrole nitrogens is 1. The van der Waals surface area contributed by atoms with Gasteiger partial charge in [0.15, 0.2) is 5.03 Å². The molecule has 7 heteroatoms. The van der Waals surface area contributed by atoms with Crippen LogP contribution in [0.2, 0.25) is 0 Å². The number of aromatic nitrogens is 2. The molecule has 0 saturated heterocycles. The molecular weight excluding hydrogens is 294 g/mol. The lowest BCUT2D eigenvalue weighted by molar-refractivity contribution is 0.282. The number of fused-ring (bicyclic) bond motifs is 1. The Kier molecular flexibility index (Phi) is 2.77. The van der Waals surface area contributed by atoms with Crippen LogP contribution in [0.15, 0.2) is 28.7 Å². The van der Waals surface area contributed by atoms with Crippen LogP contribution in [-0.2, 0) is 16.4 Å². The van der Waals surface area contributed by atoms with E-state index in [0.29, 0.717) is 12.5 Å². The molecule has 1 saturated carbocycles. The van der Waals surface area contributed by atoms with Crippen LogP contribution in [0, 0.1) is 5.92 Å². The van der Waals surface area contributed by atoms with Gasteiger partial charge in [-0.3, -0.25) is 5.10 Å². The third-order valence-electron chi connectivity index (χ3n) is 4.10. The fourth-order valence-electron chi connectivity index (χ4n) is 3.01. The Morgan fingerprint density at radius 1 is 1.35 bits per heavy atom. The summed E-state index contributed by atoms with van der Waals surface area (Å²) in [6.45, 7) is 0.566. The van der Waals surface area contributed by atoms with Crippen molar-refractivity contribution in [3.05, 3.63) is 34.2 Å². The molecule has 1 atom stereocenters. The number of nitrogens with zero attached hydrogens (tertiary/aromatic N) is 2. The van der Waals surface area contributed by atoms with Gasteiger partial charge < -0.3 is 0 Å². The second-order valence-electron chi connectivity index (χ2n) is 5.37. The van der Waals surface area contributed by atoms with Crippen LogP contribution in [0.3, 0.4) is 0 Å². The molecular formula is C13H15N3O2S2. The lowest BCUT2D eigenvalue weighted by Crippen LogP contribution is -2.40. The van der Waals surface area contributed by atoms with Crippen LogP contribution in [0.5, 0.6) is 0 Å². The highest BCUT2D eigenvalue weighted by Gasteiger charge is 2.45. The molecule has 5 nitrogen and oxygen atoms in total. The van der Waals surface area contributed by atoms with E-state index >= 15 is 0 Å². The van der Waals surface area contributed by atoms with Crippen molar-refractivity contribution in [1.82, 2.24) is 14.5 Å². The third-order valence-corrected chi connectivity index (χ3v) is 6.91. The Hall–Kier alpha value is -1.18. The van der Waals surface area contributed by atoms with Gasteiger partial charge in [-0.2, -0.15) is 9.40 Å². The number of rotatable bonds is 3. The summed E-state index contributed by atoms with van der Waals surface area (Å²) in [7, 11) is -3.47. The van der Waals surface area contributed by atoms with E-state index < -0.39 is 10.0 Å². The standard InChI is InChI=1S/C13H15N3O2S2/c17-20(18,12-3-6-14-15-12)16-7-4-11-10(5-8-19-11)13(16)9-1-2-9/h3,5-6,8-9,13H,1-2,4,7H2,(H,14,15). The molecule has 0 bridgehead atoms. The van der Waals surface area contributed by atoms with Crippen molar-refractivity contribution in [2.75, 3.05) is 6.54 Å². The summed E-state index contributed by atoms with van der Waals surface area (Å²) in [4.78, 5) is 1.35. The molecule has 1 aliphatic heterocycles. The predicted molar refractivity (Wildman–Crippen MR) is 76.0 cm³/mol. The Morgan fingerprint density at radius 3 is 2.90 bits per heavy atom. The van der Waals surface area contributed by atoms with Crippen LogP contribution in [0.4, 0.5) is 0 Å². The molecule has 0 radical (unpaired) electrons. The molecule has 0 aromatic carbocycles. The molecule has 2 aromatic heterocycles. The zero-order valence-electron chi connectivity index (χ0n) is 10.8. The van der Waals surface area contributed by atoms with E-state index in [1.165, 1.54) is 22.7 Å². The topological polar surface area (TPSA) is 66.1 Å². The fraction of sp³-hybridized carbons (Fsp3) is 0.462. The summed E-state index contributed by atoms with van der Waals surface area (Å²) >= 11 is 1.74. The van der Waals surface area contributed by atoms with Crippen LogP contribution < -0.4 is 0 Å². The number of thiophene rings is 1. The summed E-state index contributed by atoms with van der Waals surface area (Å²) < 4.78 is 27.2. The largest absolute Gasteiger partial charge is 0.266 e. The van der Waals surface area contributed by atoms with Gasteiger partial charge in [0.25, 0.3) is 10.0 Å². The smallest absolute Gasteiger partial charge is 0.260 e. The van der Waals surface area contributed by atoms with E-state index in [2.05, 4.69) is 21.6 Å². The SMILES string of the molecule is O=S(=O)(c1ccn[nH]1)N1CCc2sccc2C1C1CC1. The van der Waals surface area contributed by atoms with Gasteiger partial charge in [0.2, 0.25) is 0 Å². The van der Waals surface area contributed by atoms with E-state index in [0.717, 1.165) is 19.3 Å². The van der Waals surface area contributed by atoms with E-state index in [9.17, 15) is 8.42 Å². The van der Waals surface area contributed by atoms with Crippen molar-refractivity contribution in [2.24, 2.45) is 5.92 Å². The Bertz CT molecular complexity index is 717. The van der Waals surface area contributed by atoms with E-state index in [1.54, 1.807) is 15.6 Å². The third kappa shape index (κ3) is 1.84. The first kappa shape index (κ1) is 12.6. The van der Waals surface area contributed by atoms with Crippen molar-refractivity contribution in [1.29, 1.82) is 0 Å². The maximum Gasteiger partial charge on any atom is 0.260 e. The quantitative estimate of drug-likeness (QED) is 0.945. The predicted octanol–water partition coefficient (Wildman–Crippen LogP) is 2.17. The summed E-state index contributed by atoms with van der Waals surface area (Å²) in [6.07, 6.45) is 4.53. The van der Waals surface area contributed by atoms with Gasteiger partial charge in [-0.05, 0) is 48.3 Å². The van der Waals surface area contributed by atoms with Gasteiger partial charge in [0.05, 0.1) is 12.2 Å². The van der Waals surface area contributed by atoms with Gasteiger partial charge in [-0.15, -0.1) is 11.3 Å². The van der Waals surface area contributed by atoms with Crippen molar-refractivity contribution in [2.45, 2.75) is 30.3 Å². The van der Waals surface area contributed by atoms with Crippen molar-refractivity contribution in [3.8, 4) is 0 Å². The minimum atomic E-state index is -3.47. The molecule has 2 aromatic rings. The Labute approximate surface area is 121 Å². The Balaban J connectivity index is 1.79. The summed E-state index contributed by atoms with van der Waals surface area (Å²) in [5.74, 6) is 0.473. The molecule has 1 aliphatic carbocycles. The number of sulfonamides is 1. The average Bonchev–Trinajstić information content (AvgIpc) is 2.95.